The molecule has 0 saturated carbocycles. The smallest absolute Gasteiger partial charge is 0.0213 e. The molecule has 1 rings (SSSR count). The zero-order valence-electron chi connectivity index (χ0n) is 10.1. The van der Waals surface area contributed by atoms with E-state index in [9.17, 15) is 0 Å². The van der Waals surface area contributed by atoms with Crippen LogP contribution in [0.3, 0.4) is 0 Å². The van der Waals surface area contributed by atoms with E-state index >= 15 is 0 Å². The third kappa shape index (κ3) is 5.01. The molecule has 0 radical (unpaired) electrons. The van der Waals surface area contributed by atoms with Gasteiger partial charge in [-0.05, 0) is 18.1 Å². The van der Waals surface area contributed by atoms with Crippen LogP contribution in [-0.4, -0.2) is 24.9 Å². The Kier molecular flexibility index (Phi) is 6.53. The lowest BCUT2D eigenvalue weighted by molar-refractivity contribution is 0.416. The first-order valence-electron chi connectivity index (χ1n) is 5.85. The molecule has 0 saturated heterocycles. The first-order chi connectivity index (χ1) is 7.74. The maximum Gasteiger partial charge on any atom is 0.0213 e. The van der Waals surface area contributed by atoms with Gasteiger partial charge >= 0.3 is 0 Å². The molecule has 1 unspecified atom stereocenters. The summed E-state index contributed by atoms with van der Waals surface area (Å²) in [4.78, 5) is 1.33. The van der Waals surface area contributed by atoms with Gasteiger partial charge < -0.3 is 11.1 Å². The van der Waals surface area contributed by atoms with Gasteiger partial charge in [-0.15, -0.1) is 11.8 Å². The van der Waals surface area contributed by atoms with Crippen LogP contribution in [0.4, 0.5) is 0 Å². The molecule has 1 atom stereocenters. The van der Waals surface area contributed by atoms with E-state index < -0.39 is 0 Å². The summed E-state index contributed by atoms with van der Waals surface area (Å²) in [6.07, 6.45) is 0. The van der Waals surface area contributed by atoms with E-state index in [4.69, 9.17) is 5.73 Å². The van der Waals surface area contributed by atoms with Crippen LogP contribution in [0.1, 0.15) is 13.8 Å². The van der Waals surface area contributed by atoms with Crippen LogP contribution in [0.2, 0.25) is 0 Å². The standard InChI is InChI=1S/C13H22N2S/c1-11(2)13(10-14)15-8-9-16-12-6-4-3-5-7-12/h3-7,11,13,15H,8-10,14H2,1-2H3. The summed E-state index contributed by atoms with van der Waals surface area (Å²) < 4.78 is 0. The fourth-order valence-electron chi connectivity index (χ4n) is 1.52. The van der Waals surface area contributed by atoms with E-state index in [-0.39, 0.29) is 0 Å². The lowest BCUT2D eigenvalue weighted by Crippen LogP contribution is -2.41. The third-order valence-corrected chi connectivity index (χ3v) is 3.59. The molecule has 1 aromatic rings. The molecule has 0 bridgehead atoms. The van der Waals surface area contributed by atoms with Crippen molar-refractivity contribution in [3.05, 3.63) is 30.3 Å². The van der Waals surface area contributed by atoms with Crippen molar-refractivity contribution in [1.82, 2.24) is 5.32 Å². The van der Waals surface area contributed by atoms with E-state index in [2.05, 4.69) is 43.4 Å². The highest BCUT2D eigenvalue weighted by molar-refractivity contribution is 7.99. The summed E-state index contributed by atoms with van der Waals surface area (Å²) in [5.74, 6) is 1.69. The van der Waals surface area contributed by atoms with Gasteiger partial charge in [0.05, 0.1) is 0 Å². The highest BCUT2D eigenvalue weighted by Crippen LogP contribution is 2.15. The summed E-state index contributed by atoms with van der Waals surface area (Å²) in [5.41, 5.74) is 5.70. The van der Waals surface area contributed by atoms with Crippen LogP contribution in [0.15, 0.2) is 35.2 Å². The number of hydrogen-bond acceptors (Lipinski definition) is 3. The largest absolute Gasteiger partial charge is 0.329 e. The molecule has 0 heterocycles. The van der Waals surface area contributed by atoms with Crippen molar-refractivity contribution < 1.29 is 0 Å². The minimum Gasteiger partial charge on any atom is -0.329 e. The van der Waals surface area contributed by atoms with Gasteiger partial charge in [0.2, 0.25) is 0 Å². The Morgan fingerprint density at radius 1 is 1.25 bits per heavy atom. The zero-order chi connectivity index (χ0) is 11.8. The summed E-state index contributed by atoms with van der Waals surface area (Å²) in [6, 6.07) is 10.9. The average molecular weight is 238 g/mol. The number of benzene rings is 1. The molecule has 0 aliphatic carbocycles. The predicted octanol–water partition coefficient (Wildman–Crippen LogP) is 2.35. The van der Waals surface area contributed by atoms with Crippen molar-refractivity contribution in [2.24, 2.45) is 11.7 Å². The quantitative estimate of drug-likeness (QED) is 0.566. The molecule has 1 aromatic carbocycles. The van der Waals surface area contributed by atoms with Crippen molar-refractivity contribution in [3.8, 4) is 0 Å². The van der Waals surface area contributed by atoms with Gasteiger partial charge in [0.25, 0.3) is 0 Å². The van der Waals surface area contributed by atoms with Gasteiger partial charge in [-0.25, -0.2) is 0 Å². The molecule has 16 heavy (non-hydrogen) atoms. The highest BCUT2D eigenvalue weighted by Gasteiger charge is 2.09. The first kappa shape index (κ1) is 13.6. The van der Waals surface area contributed by atoms with Crippen LogP contribution >= 0.6 is 11.8 Å². The molecular formula is C13H22N2S. The summed E-state index contributed by atoms with van der Waals surface area (Å²) in [5, 5.41) is 3.49. The maximum absolute atomic E-state index is 5.70. The second-order valence-electron chi connectivity index (χ2n) is 4.20. The summed E-state index contributed by atoms with van der Waals surface area (Å²) >= 11 is 1.88. The van der Waals surface area contributed by atoms with Gasteiger partial charge in [0, 0.05) is 29.8 Å². The lowest BCUT2D eigenvalue weighted by atomic mass is 10.1. The SMILES string of the molecule is CC(C)C(CN)NCCSc1ccccc1. The van der Waals surface area contributed by atoms with Crippen LogP contribution in [0.5, 0.6) is 0 Å². The van der Waals surface area contributed by atoms with Crippen LogP contribution in [0.25, 0.3) is 0 Å². The Morgan fingerprint density at radius 2 is 1.94 bits per heavy atom. The number of rotatable bonds is 7. The Balaban J connectivity index is 2.16. The monoisotopic (exact) mass is 238 g/mol. The maximum atomic E-state index is 5.70. The van der Waals surface area contributed by atoms with Crippen LogP contribution in [-0.2, 0) is 0 Å². The summed E-state index contributed by atoms with van der Waals surface area (Å²) in [7, 11) is 0. The Morgan fingerprint density at radius 3 is 2.50 bits per heavy atom. The molecule has 3 N–H and O–H groups in total. The van der Waals surface area contributed by atoms with Gasteiger partial charge in [-0.2, -0.15) is 0 Å². The zero-order valence-corrected chi connectivity index (χ0v) is 11.0. The van der Waals surface area contributed by atoms with Gasteiger partial charge in [-0.3, -0.25) is 0 Å². The first-order valence-corrected chi connectivity index (χ1v) is 6.84. The average Bonchev–Trinajstić information content (AvgIpc) is 2.30. The van der Waals surface area contributed by atoms with Gasteiger partial charge in [0.15, 0.2) is 0 Å². The van der Waals surface area contributed by atoms with Gasteiger partial charge in [0.1, 0.15) is 0 Å². The molecule has 0 amide bonds. The van der Waals surface area contributed by atoms with Crippen molar-refractivity contribution in [2.75, 3.05) is 18.8 Å². The number of thioether (sulfide) groups is 1. The van der Waals surface area contributed by atoms with Crippen molar-refractivity contribution in [1.29, 1.82) is 0 Å². The third-order valence-electron chi connectivity index (χ3n) is 2.58. The minimum atomic E-state index is 0.441. The summed E-state index contributed by atoms with van der Waals surface area (Å²) in [6.45, 7) is 6.14. The second-order valence-corrected chi connectivity index (χ2v) is 5.37. The van der Waals surface area contributed by atoms with Crippen molar-refractivity contribution in [3.63, 3.8) is 0 Å². The molecule has 90 valence electrons. The Hall–Kier alpha value is -0.510. The number of hydrogen-bond donors (Lipinski definition) is 2. The van der Waals surface area contributed by atoms with E-state index in [1.807, 2.05) is 17.8 Å². The molecule has 0 fully saturated rings. The van der Waals surface area contributed by atoms with E-state index in [0.717, 1.165) is 12.3 Å². The fraction of sp³-hybridized carbons (Fsp3) is 0.538. The Labute approximate surface area is 103 Å². The van der Waals surface area contributed by atoms with Gasteiger partial charge in [-0.1, -0.05) is 32.0 Å². The van der Waals surface area contributed by atoms with Crippen molar-refractivity contribution in [2.45, 2.75) is 24.8 Å². The van der Waals surface area contributed by atoms with Crippen molar-refractivity contribution >= 4 is 11.8 Å². The normalized spacial score (nSPS) is 13.0. The van der Waals surface area contributed by atoms with Crippen LogP contribution in [0, 0.1) is 5.92 Å². The molecule has 0 spiro atoms. The molecule has 0 aromatic heterocycles. The topological polar surface area (TPSA) is 38.0 Å². The van der Waals surface area contributed by atoms with E-state index in [0.29, 0.717) is 18.5 Å². The predicted molar refractivity (Wildman–Crippen MR) is 72.8 cm³/mol. The lowest BCUT2D eigenvalue weighted by Gasteiger charge is -2.20. The molecule has 3 heteroatoms. The molecular weight excluding hydrogens is 216 g/mol. The van der Waals surface area contributed by atoms with Crippen LogP contribution < -0.4 is 11.1 Å². The Bertz CT molecular complexity index is 275. The van der Waals surface area contributed by atoms with E-state index in [1.54, 1.807) is 0 Å². The number of nitrogens with two attached hydrogens (primary N) is 1. The second kappa shape index (κ2) is 7.71. The van der Waals surface area contributed by atoms with E-state index in [1.165, 1.54) is 4.90 Å². The minimum absolute atomic E-state index is 0.441. The molecule has 2 nitrogen and oxygen atoms in total. The number of nitrogens with one attached hydrogen (secondary N) is 1. The highest BCUT2D eigenvalue weighted by atomic mass is 32.2. The molecule has 0 aliphatic rings. The fourth-order valence-corrected chi connectivity index (χ4v) is 2.33. The molecule has 0 aliphatic heterocycles.